The van der Waals surface area contributed by atoms with Gasteiger partial charge in [-0.25, -0.2) is 0 Å². The summed E-state index contributed by atoms with van der Waals surface area (Å²) < 4.78 is 11.0. The van der Waals surface area contributed by atoms with E-state index in [1.807, 2.05) is 0 Å². The minimum Gasteiger partial charge on any atom is -0.490 e. The van der Waals surface area contributed by atoms with Gasteiger partial charge in [-0.1, -0.05) is 23.2 Å². The molecule has 0 aliphatic carbocycles. The van der Waals surface area contributed by atoms with Crippen molar-refractivity contribution in [1.29, 1.82) is 0 Å². The molecule has 0 saturated carbocycles. The molecule has 0 aliphatic heterocycles. The first-order chi connectivity index (χ1) is 8.88. The molecule has 0 amide bonds. The molecule has 1 aromatic rings. The molecule has 1 aromatic carbocycles. The van der Waals surface area contributed by atoms with E-state index in [9.17, 15) is 0 Å². The van der Waals surface area contributed by atoms with Crippen LogP contribution in [0.2, 0.25) is 10.0 Å². The molecular weight excluding hydrogens is 285 g/mol. The van der Waals surface area contributed by atoms with Crippen LogP contribution in [-0.4, -0.2) is 31.9 Å². The first-order valence-corrected chi connectivity index (χ1v) is 7.05. The van der Waals surface area contributed by atoms with Crippen LogP contribution < -0.4 is 10.1 Å². The molecule has 0 atom stereocenters. The summed E-state index contributed by atoms with van der Waals surface area (Å²) in [5, 5.41) is 4.46. The third kappa shape index (κ3) is 7.63. The summed E-state index contributed by atoms with van der Waals surface area (Å²) in [5.74, 6) is 0.627. The van der Waals surface area contributed by atoms with Gasteiger partial charge in [0.25, 0.3) is 0 Å². The molecule has 0 bridgehead atoms. The predicted octanol–water partition coefficient (Wildman–Crippen LogP) is 3.78. The van der Waals surface area contributed by atoms with E-state index >= 15 is 0 Å². The molecule has 108 valence electrons. The second-order valence-electron chi connectivity index (χ2n) is 5.21. The second kappa shape index (κ2) is 7.95. The van der Waals surface area contributed by atoms with Gasteiger partial charge in [0.05, 0.1) is 18.2 Å². The van der Waals surface area contributed by atoms with E-state index in [1.54, 1.807) is 18.2 Å². The molecule has 19 heavy (non-hydrogen) atoms. The van der Waals surface area contributed by atoms with Crippen molar-refractivity contribution in [2.45, 2.75) is 26.3 Å². The highest BCUT2D eigenvalue weighted by Gasteiger charge is 2.07. The quantitative estimate of drug-likeness (QED) is 0.778. The van der Waals surface area contributed by atoms with Crippen molar-refractivity contribution in [1.82, 2.24) is 5.32 Å². The number of benzene rings is 1. The van der Waals surface area contributed by atoms with Crippen molar-refractivity contribution >= 4 is 23.2 Å². The highest BCUT2D eigenvalue weighted by Crippen LogP contribution is 2.27. The van der Waals surface area contributed by atoms with Gasteiger partial charge in [-0.3, -0.25) is 0 Å². The predicted molar refractivity (Wildman–Crippen MR) is 80.5 cm³/mol. The Balaban J connectivity index is 2.11. The Kier molecular flexibility index (Phi) is 6.94. The van der Waals surface area contributed by atoms with Crippen LogP contribution in [0, 0.1) is 0 Å². The van der Waals surface area contributed by atoms with E-state index in [4.69, 9.17) is 32.7 Å². The van der Waals surface area contributed by atoms with Crippen molar-refractivity contribution in [3.8, 4) is 5.75 Å². The van der Waals surface area contributed by atoms with Crippen LogP contribution in [0.1, 0.15) is 20.8 Å². The molecule has 0 fully saturated rings. The largest absolute Gasteiger partial charge is 0.490 e. The summed E-state index contributed by atoms with van der Waals surface area (Å²) in [5.41, 5.74) is 0.122. The fourth-order valence-corrected chi connectivity index (χ4v) is 1.87. The summed E-state index contributed by atoms with van der Waals surface area (Å²) in [7, 11) is 0. The zero-order valence-corrected chi connectivity index (χ0v) is 13.1. The average Bonchev–Trinajstić information content (AvgIpc) is 2.29. The summed E-state index contributed by atoms with van der Waals surface area (Å²) in [6, 6.07) is 5.16. The van der Waals surface area contributed by atoms with E-state index in [0.29, 0.717) is 35.6 Å². The Labute approximate surface area is 125 Å². The van der Waals surface area contributed by atoms with Gasteiger partial charge >= 0.3 is 0 Å². The van der Waals surface area contributed by atoms with Crippen molar-refractivity contribution in [2.24, 2.45) is 0 Å². The normalized spacial score (nSPS) is 11.6. The Morgan fingerprint density at radius 2 is 1.84 bits per heavy atom. The van der Waals surface area contributed by atoms with Crippen LogP contribution in [0.4, 0.5) is 0 Å². The summed E-state index contributed by atoms with van der Waals surface area (Å²) in [6.45, 7) is 8.86. The molecule has 0 spiro atoms. The van der Waals surface area contributed by atoms with Crippen LogP contribution in [0.3, 0.4) is 0 Å². The lowest BCUT2D eigenvalue weighted by Crippen LogP contribution is -2.38. The molecule has 0 radical (unpaired) electrons. The second-order valence-corrected chi connectivity index (χ2v) is 6.06. The molecule has 0 aliphatic rings. The van der Waals surface area contributed by atoms with Gasteiger partial charge < -0.3 is 14.8 Å². The van der Waals surface area contributed by atoms with Gasteiger partial charge in [0, 0.05) is 17.1 Å². The van der Waals surface area contributed by atoms with Gasteiger partial charge in [-0.15, -0.1) is 0 Å². The van der Waals surface area contributed by atoms with E-state index in [0.717, 1.165) is 6.54 Å². The Morgan fingerprint density at radius 3 is 2.47 bits per heavy atom. The van der Waals surface area contributed by atoms with Gasteiger partial charge in [0.1, 0.15) is 12.4 Å². The molecule has 3 nitrogen and oxygen atoms in total. The number of halogens is 2. The Morgan fingerprint density at radius 1 is 1.11 bits per heavy atom. The molecular formula is C14H21Cl2NO2. The van der Waals surface area contributed by atoms with Crippen LogP contribution in [-0.2, 0) is 4.74 Å². The molecule has 0 unspecified atom stereocenters. The van der Waals surface area contributed by atoms with Crippen molar-refractivity contribution in [2.75, 3.05) is 26.4 Å². The molecule has 1 N–H and O–H groups in total. The number of hydrogen-bond acceptors (Lipinski definition) is 3. The Bertz CT molecular complexity index is 392. The highest BCUT2D eigenvalue weighted by molar-refractivity contribution is 6.35. The van der Waals surface area contributed by atoms with Crippen LogP contribution >= 0.6 is 23.2 Å². The van der Waals surface area contributed by atoms with Crippen LogP contribution in [0.15, 0.2) is 18.2 Å². The zero-order chi connectivity index (χ0) is 14.3. The first kappa shape index (κ1) is 16.6. The minimum atomic E-state index is 0.122. The van der Waals surface area contributed by atoms with Crippen molar-refractivity contribution < 1.29 is 9.47 Å². The topological polar surface area (TPSA) is 30.5 Å². The fourth-order valence-electron chi connectivity index (χ4n) is 1.40. The smallest absolute Gasteiger partial charge is 0.138 e. The fraction of sp³-hybridized carbons (Fsp3) is 0.571. The molecule has 1 rings (SSSR count). The van der Waals surface area contributed by atoms with Gasteiger partial charge in [0.15, 0.2) is 0 Å². The van der Waals surface area contributed by atoms with E-state index < -0.39 is 0 Å². The monoisotopic (exact) mass is 305 g/mol. The first-order valence-electron chi connectivity index (χ1n) is 6.29. The highest BCUT2D eigenvalue weighted by atomic mass is 35.5. The van der Waals surface area contributed by atoms with Crippen molar-refractivity contribution in [3.63, 3.8) is 0 Å². The number of nitrogens with one attached hydrogen (secondary N) is 1. The third-order valence-electron chi connectivity index (χ3n) is 2.28. The third-order valence-corrected chi connectivity index (χ3v) is 2.81. The van der Waals surface area contributed by atoms with E-state index in [-0.39, 0.29) is 5.54 Å². The molecule has 0 aromatic heterocycles. The zero-order valence-electron chi connectivity index (χ0n) is 11.6. The lowest BCUT2D eigenvalue weighted by molar-refractivity contribution is 0.0985. The average molecular weight is 306 g/mol. The molecule has 0 saturated heterocycles. The maximum atomic E-state index is 5.98. The summed E-state index contributed by atoms with van der Waals surface area (Å²) in [4.78, 5) is 0. The number of rotatable bonds is 7. The summed E-state index contributed by atoms with van der Waals surface area (Å²) >= 11 is 11.8. The maximum Gasteiger partial charge on any atom is 0.138 e. The minimum absolute atomic E-state index is 0.122. The lowest BCUT2D eigenvalue weighted by atomic mass is 10.1. The lowest BCUT2D eigenvalue weighted by Gasteiger charge is -2.20. The standard InChI is InChI=1S/C14H21Cl2NO2/c1-14(2,3)17-6-7-18-8-9-19-13-5-4-11(15)10-12(13)16/h4-5,10,17H,6-9H2,1-3H3. The van der Waals surface area contributed by atoms with Crippen LogP contribution in [0.25, 0.3) is 0 Å². The number of hydrogen-bond donors (Lipinski definition) is 1. The maximum absolute atomic E-state index is 5.98. The summed E-state index contributed by atoms with van der Waals surface area (Å²) in [6.07, 6.45) is 0. The van der Waals surface area contributed by atoms with Gasteiger partial charge in [0.2, 0.25) is 0 Å². The van der Waals surface area contributed by atoms with E-state index in [2.05, 4.69) is 26.1 Å². The van der Waals surface area contributed by atoms with Gasteiger partial charge in [-0.2, -0.15) is 0 Å². The molecule has 5 heteroatoms. The number of ether oxygens (including phenoxy) is 2. The Hall–Kier alpha value is -0.480. The molecule has 0 heterocycles. The van der Waals surface area contributed by atoms with Crippen molar-refractivity contribution in [3.05, 3.63) is 28.2 Å². The van der Waals surface area contributed by atoms with Gasteiger partial charge in [-0.05, 0) is 39.0 Å². The SMILES string of the molecule is CC(C)(C)NCCOCCOc1ccc(Cl)cc1Cl. The van der Waals surface area contributed by atoms with Crippen LogP contribution in [0.5, 0.6) is 5.75 Å². The van der Waals surface area contributed by atoms with E-state index in [1.165, 1.54) is 0 Å².